The van der Waals surface area contributed by atoms with Crippen LogP contribution in [0.25, 0.3) is 0 Å². The molecule has 0 spiro atoms. The molecule has 5 nitrogen and oxygen atoms in total. The Hall–Kier alpha value is -1.66. The van der Waals surface area contributed by atoms with E-state index >= 15 is 0 Å². The van der Waals surface area contributed by atoms with Gasteiger partial charge in [-0.25, -0.2) is 0 Å². The quantitative estimate of drug-likeness (QED) is 0.544. The summed E-state index contributed by atoms with van der Waals surface area (Å²) < 4.78 is 0. The van der Waals surface area contributed by atoms with Crippen molar-refractivity contribution in [2.75, 3.05) is 0 Å². The Morgan fingerprint density at radius 1 is 1.50 bits per heavy atom. The zero-order valence-electron chi connectivity index (χ0n) is 13.7. The smallest absolute Gasteiger partial charge is 0.423 e. The van der Waals surface area contributed by atoms with Gasteiger partial charge in [-0.2, -0.15) is 0 Å². The summed E-state index contributed by atoms with van der Waals surface area (Å²) in [4.78, 5) is 16.5. The summed E-state index contributed by atoms with van der Waals surface area (Å²) in [6, 6.07) is 2.76. The van der Waals surface area contributed by atoms with Crippen molar-refractivity contribution in [3.8, 4) is 0 Å². The van der Waals surface area contributed by atoms with Crippen LogP contribution in [0.1, 0.15) is 45.9 Å². The average Bonchev–Trinajstić information content (AvgIpc) is 2.42. The van der Waals surface area contributed by atoms with Gasteiger partial charge in [0, 0.05) is 12.6 Å². The zero-order valence-corrected chi connectivity index (χ0v) is 13.7. The predicted octanol–water partition coefficient (Wildman–Crippen LogP) is 1.18. The fraction of sp³-hybridized carbons (Fsp3) is 0.500. The van der Waals surface area contributed by atoms with Gasteiger partial charge in [0.15, 0.2) is 0 Å². The number of aromatic nitrogens is 1. The van der Waals surface area contributed by atoms with E-state index < -0.39 is 7.12 Å². The molecule has 1 heterocycles. The minimum Gasteiger partial charge on any atom is -0.423 e. The standard InChI is InChI=1S/C16H25BN2O3/c1-6-11(2)15(19-14(20)10-16(3,4)5)13-9-12(17(21)22)7-8-18-13/h6-9,11,15,21-22H,1,10H2,2-5H3,(H,19,20). The van der Waals surface area contributed by atoms with Gasteiger partial charge in [0.2, 0.25) is 5.91 Å². The summed E-state index contributed by atoms with van der Waals surface area (Å²) in [7, 11) is -1.56. The first-order valence-electron chi connectivity index (χ1n) is 7.38. The highest BCUT2D eigenvalue weighted by Crippen LogP contribution is 2.23. The maximum atomic E-state index is 12.2. The fourth-order valence-electron chi connectivity index (χ4n) is 2.11. The van der Waals surface area contributed by atoms with Gasteiger partial charge < -0.3 is 15.4 Å². The van der Waals surface area contributed by atoms with E-state index in [1.807, 2.05) is 27.7 Å². The summed E-state index contributed by atoms with van der Waals surface area (Å²) in [6.07, 6.45) is 3.64. The molecule has 0 aliphatic carbocycles. The minimum atomic E-state index is -1.56. The number of hydrogen-bond donors (Lipinski definition) is 3. The molecule has 1 aromatic rings. The van der Waals surface area contributed by atoms with Crippen molar-refractivity contribution < 1.29 is 14.8 Å². The van der Waals surface area contributed by atoms with Gasteiger partial charge in [-0.05, 0) is 28.9 Å². The van der Waals surface area contributed by atoms with Crippen LogP contribution in [-0.4, -0.2) is 28.1 Å². The Bertz CT molecular complexity index is 526. The van der Waals surface area contributed by atoms with Crippen LogP contribution in [0.3, 0.4) is 0 Å². The summed E-state index contributed by atoms with van der Waals surface area (Å²) in [6.45, 7) is 11.7. The van der Waals surface area contributed by atoms with Crippen LogP contribution in [0.4, 0.5) is 0 Å². The lowest BCUT2D eigenvalue weighted by molar-refractivity contribution is -0.123. The third-order valence-corrected chi connectivity index (χ3v) is 3.33. The summed E-state index contributed by atoms with van der Waals surface area (Å²) in [5.74, 6) is -0.106. The van der Waals surface area contributed by atoms with Crippen molar-refractivity contribution in [3.63, 3.8) is 0 Å². The molecule has 0 bridgehead atoms. The molecule has 0 aliphatic heterocycles. The molecule has 0 aliphatic rings. The molecule has 120 valence electrons. The zero-order chi connectivity index (χ0) is 16.9. The van der Waals surface area contributed by atoms with Crippen molar-refractivity contribution in [3.05, 3.63) is 36.7 Å². The molecule has 2 unspecified atom stereocenters. The second kappa shape index (κ2) is 7.56. The number of amides is 1. The van der Waals surface area contributed by atoms with E-state index in [2.05, 4.69) is 16.9 Å². The van der Waals surface area contributed by atoms with E-state index in [0.717, 1.165) is 0 Å². The van der Waals surface area contributed by atoms with Gasteiger partial charge in [0.25, 0.3) is 0 Å². The molecule has 1 aromatic heterocycles. The number of nitrogens with one attached hydrogen (secondary N) is 1. The number of hydrogen-bond acceptors (Lipinski definition) is 4. The third kappa shape index (κ3) is 5.62. The number of carbonyl (C=O) groups excluding carboxylic acids is 1. The van der Waals surface area contributed by atoms with Gasteiger partial charge in [-0.15, -0.1) is 6.58 Å². The predicted molar refractivity (Wildman–Crippen MR) is 88.4 cm³/mol. The molecular formula is C16H25BN2O3. The van der Waals surface area contributed by atoms with E-state index in [1.165, 1.54) is 12.3 Å². The molecule has 0 fully saturated rings. The molecule has 0 saturated carbocycles. The molecule has 0 saturated heterocycles. The van der Waals surface area contributed by atoms with Crippen LogP contribution in [0, 0.1) is 11.3 Å². The first kappa shape index (κ1) is 18.4. The normalized spacial score (nSPS) is 14.1. The molecule has 22 heavy (non-hydrogen) atoms. The van der Waals surface area contributed by atoms with Gasteiger partial charge in [-0.3, -0.25) is 9.78 Å². The Balaban J connectivity index is 3.01. The van der Waals surface area contributed by atoms with E-state index in [0.29, 0.717) is 17.6 Å². The van der Waals surface area contributed by atoms with Crippen LogP contribution in [-0.2, 0) is 4.79 Å². The minimum absolute atomic E-state index is 0.0393. The van der Waals surface area contributed by atoms with Crippen molar-refractivity contribution in [2.24, 2.45) is 11.3 Å². The average molecular weight is 304 g/mol. The van der Waals surface area contributed by atoms with Crippen molar-refractivity contribution in [1.29, 1.82) is 0 Å². The van der Waals surface area contributed by atoms with Gasteiger partial charge in [0.1, 0.15) is 0 Å². The monoisotopic (exact) mass is 304 g/mol. The molecular weight excluding hydrogens is 279 g/mol. The molecule has 6 heteroatoms. The maximum absolute atomic E-state index is 12.2. The Morgan fingerprint density at radius 2 is 2.14 bits per heavy atom. The summed E-state index contributed by atoms with van der Waals surface area (Å²) in [5.41, 5.74) is 0.819. The number of carbonyl (C=O) groups is 1. The van der Waals surface area contributed by atoms with E-state index in [9.17, 15) is 14.8 Å². The Labute approximate surface area is 132 Å². The van der Waals surface area contributed by atoms with Crippen molar-refractivity contribution in [2.45, 2.75) is 40.2 Å². The highest BCUT2D eigenvalue weighted by atomic mass is 16.4. The second-order valence-electron chi connectivity index (χ2n) is 6.77. The lowest BCUT2D eigenvalue weighted by Gasteiger charge is -2.25. The molecule has 3 N–H and O–H groups in total. The van der Waals surface area contributed by atoms with Crippen LogP contribution >= 0.6 is 0 Å². The Morgan fingerprint density at radius 3 is 2.64 bits per heavy atom. The van der Waals surface area contributed by atoms with Crippen molar-refractivity contribution in [1.82, 2.24) is 10.3 Å². The third-order valence-electron chi connectivity index (χ3n) is 3.33. The van der Waals surface area contributed by atoms with Crippen molar-refractivity contribution >= 4 is 18.5 Å². The lowest BCUT2D eigenvalue weighted by Crippen LogP contribution is -2.36. The number of nitrogens with zero attached hydrogens (tertiary/aromatic N) is 1. The SMILES string of the molecule is C=CC(C)C(NC(=O)CC(C)(C)C)c1cc(B(O)O)ccn1. The maximum Gasteiger partial charge on any atom is 0.488 e. The van der Waals surface area contributed by atoms with Crippen LogP contribution in [0.15, 0.2) is 31.0 Å². The Kier molecular flexibility index (Phi) is 6.32. The van der Waals surface area contributed by atoms with E-state index in [-0.39, 0.29) is 23.3 Å². The molecule has 0 radical (unpaired) electrons. The molecule has 1 rings (SSSR count). The number of pyridine rings is 1. The largest absolute Gasteiger partial charge is 0.488 e. The molecule has 0 aromatic carbocycles. The number of rotatable bonds is 6. The molecule has 2 atom stereocenters. The van der Waals surface area contributed by atoms with Gasteiger partial charge in [0.05, 0.1) is 11.7 Å². The summed E-state index contributed by atoms with van der Waals surface area (Å²) >= 11 is 0. The topological polar surface area (TPSA) is 82.5 Å². The van der Waals surface area contributed by atoms with E-state index in [1.54, 1.807) is 12.1 Å². The highest BCUT2D eigenvalue weighted by molar-refractivity contribution is 6.58. The van der Waals surface area contributed by atoms with Gasteiger partial charge >= 0.3 is 7.12 Å². The second-order valence-corrected chi connectivity index (χ2v) is 6.77. The lowest BCUT2D eigenvalue weighted by atomic mass is 9.80. The first-order chi connectivity index (χ1) is 10.1. The van der Waals surface area contributed by atoms with Gasteiger partial charge in [-0.1, -0.05) is 33.8 Å². The molecule has 1 amide bonds. The highest BCUT2D eigenvalue weighted by Gasteiger charge is 2.24. The summed E-state index contributed by atoms with van der Waals surface area (Å²) in [5, 5.41) is 21.5. The van der Waals surface area contributed by atoms with Crippen LogP contribution < -0.4 is 10.8 Å². The first-order valence-corrected chi connectivity index (χ1v) is 7.38. The van der Waals surface area contributed by atoms with Crippen LogP contribution in [0.5, 0.6) is 0 Å². The van der Waals surface area contributed by atoms with Crippen LogP contribution in [0.2, 0.25) is 0 Å². The fourth-order valence-corrected chi connectivity index (χ4v) is 2.11. The van der Waals surface area contributed by atoms with E-state index in [4.69, 9.17) is 0 Å².